The Morgan fingerprint density at radius 3 is 1.44 bits per heavy atom. The normalized spacial score (nSPS) is 13.4. The summed E-state index contributed by atoms with van der Waals surface area (Å²) < 4.78 is 12.5. The number of fused-ring (bicyclic) bond motifs is 14. The summed E-state index contributed by atoms with van der Waals surface area (Å²) in [5.74, 6) is 1.52. The summed E-state index contributed by atoms with van der Waals surface area (Å²) in [5.41, 5.74) is 4.50. The van der Waals surface area contributed by atoms with Crippen molar-refractivity contribution in [3.05, 3.63) is 105 Å². The van der Waals surface area contributed by atoms with Crippen LogP contribution in [0, 0.1) is 0 Å². The Hall–Kier alpha value is -4.84. The summed E-state index contributed by atoms with van der Waals surface area (Å²) in [6.45, 7) is 0.385. The monoisotopic (exact) mass is 470 g/mol. The summed E-state index contributed by atoms with van der Waals surface area (Å²) in [6, 6.07) is 24.4. The second-order valence-electron chi connectivity index (χ2n) is 9.26. The number of ether oxygens (including phenoxy) is 2. The van der Waals surface area contributed by atoms with E-state index in [9.17, 15) is 9.59 Å². The Morgan fingerprint density at radius 2 is 0.972 bits per heavy atom. The van der Waals surface area contributed by atoms with Gasteiger partial charge in [-0.25, -0.2) is 0 Å². The van der Waals surface area contributed by atoms with Gasteiger partial charge in [0.05, 0.1) is 10.8 Å². The zero-order chi connectivity index (χ0) is 24.0. The van der Waals surface area contributed by atoms with Crippen LogP contribution >= 0.6 is 0 Å². The third kappa shape index (κ3) is 2.40. The number of aromatic nitrogens is 2. The molecule has 36 heavy (non-hydrogen) atoms. The average Bonchev–Trinajstić information content (AvgIpc) is 2.93. The molecule has 6 heteroatoms. The van der Waals surface area contributed by atoms with Crippen LogP contribution in [-0.4, -0.2) is 10.2 Å². The minimum absolute atomic E-state index is 0.192. The molecule has 2 N–H and O–H groups in total. The van der Waals surface area contributed by atoms with E-state index in [1.54, 1.807) is 0 Å². The molecular weight excluding hydrogens is 452 g/mol. The van der Waals surface area contributed by atoms with Gasteiger partial charge in [0.25, 0.3) is 11.1 Å². The molecule has 1 aromatic heterocycles. The highest BCUT2D eigenvalue weighted by atomic mass is 16.5. The van der Waals surface area contributed by atoms with E-state index in [2.05, 4.69) is 46.6 Å². The fourth-order valence-corrected chi connectivity index (χ4v) is 5.99. The van der Waals surface area contributed by atoms with E-state index in [1.165, 1.54) is 0 Å². The topological polar surface area (TPSA) is 84.2 Å². The van der Waals surface area contributed by atoms with Crippen LogP contribution in [0.2, 0.25) is 0 Å². The van der Waals surface area contributed by atoms with Gasteiger partial charge in [-0.1, -0.05) is 60.7 Å². The van der Waals surface area contributed by atoms with Crippen molar-refractivity contribution in [1.82, 2.24) is 10.2 Å². The number of aromatic amines is 2. The van der Waals surface area contributed by atoms with Crippen molar-refractivity contribution >= 4 is 32.3 Å². The van der Waals surface area contributed by atoms with Gasteiger partial charge in [0.15, 0.2) is 0 Å². The Balaban J connectivity index is 1.69. The molecule has 0 aliphatic carbocycles. The fraction of sp³-hybridized carbons (Fsp3) is 0.0667. The third-order valence-electron chi connectivity index (χ3n) is 7.48. The Morgan fingerprint density at radius 1 is 0.528 bits per heavy atom. The Labute approximate surface area is 203 Å². The molecule has 5 aromatic carbocycles. The van der Waals surface area contributed by atoms with Crippen LogP contribution in [0.25, 0.3) is 54.6 Å². The number of hydrogen-bond acceptors (Lipinski definition) is 4. The van der Waals surface area contributed by atoms with Crippen molar-refractivity contribution in [2.75, 3.05) is 0 Å². The van der Waals surface area contributed by atoms with Crippen molar-refractivity contribution in [1.29, 1.82) is 0 Å². The molecule has 0 amide bonds. The van der Waals surface area contributed by atoms with E-state index in [4.69, 9.17) is 9.47 Å². The first-order valence-corrected chi connectivity index (χ1v) is 11.8. The predicted molar refractivity (Wildman–Crippen MR) is 140 cm³/mol. The van der Waals surface area contributed by atoms with Crippen LogP contribution in [-0.2, 0) is 13.2 Å². The van der Waals surface area contributed by atoms with Crippen LogP contribution in [0.15, 0.2) is 82.4 Å². The minimum atomic E-state index is -0.348. The zero-order valence-corrected chi connectivity index (χ0v) is 19.0. The summed E-state index contributed by atoms with van der Waals surface area (Å²) >= 11 is 0. The smallest absolute Gasteiger partial charge is 0.270 e. The standard InChI is InChI=1S/C30H18N2O4/c33-29-27-19-13-35-21-11-9-15-5-1-3-7-17(15)23(21)25(19)26-20(28(27)30(34)32-31-29)14-36-22-12-10-16-6-2-4-8-18(16)24(22)26/h1-12H,13-14H2,(H,31,33)(H,32,34). The molecule has 2 aliphatic heterocycles. The lowest BCUT2D eigenvalue weighted by molar-refractivity contribution is 0.300. The van der Waals surface area contributed by atoms with Crippen LogP contribution in [0.4, 0.5) is 0 Å². The summed E-state index contributed by atoms with van der Waals surface area (Å²) in [7, 11) is 0. The number of nitrogens with one attached hydrogen (secondary N) is 2. The molecule has 2 aliphatic rings. The van der Waals surface area contributed by atoms with Crippen molar-refractivity contribution in [3.8, 4) is 33.8 Å². The summed E-state index contributed by atoms with van der Waals surface area (Å²) in [4.78, 5) is 26.4. The third-order valence-corrected chi connectivity index (χ3v) is 7.48. The van der Waals surface area contributed by atoms with Gasteiger partial charge in [-0.3, -0.25) is 19.8 Å². The number of rotatable bonds is 0. The molecule has 0 spiro atoms. The van der Waals surface area contributed by atoms with Gasteiger partial charge in [0.2, 0.25) is 0 Å². The zero-order valence-electron chi connectivity index (χ0n) is 19.0. The second kappa shape index (κ2) is 6.86. The van der Waals surface area contributed by atoms with Crippen LogP contribution in [0.3, 0.4) is 0 Å². The molecule has 0 radical (unpaired) electrons. The molecule has 172 valence electrons. The number of H-pyrrole nitrogens is 2. The number of hydrogen-bond donors (Lipinski definition) is 2. The molecule has 6 nitrogen and oxygen atoms in total. The number of benzene rings is 5. The lowest BCUT2D eigenvalue weighted by Crippen LogP contribution is -2.25. The highest BCUT2D eigenvalue weighted by Crippen LogP contribution is 2.54. The highest BCUT2D eigenvalue weighted by Gasteiger charge is 2.34. The second-order valence-corrected chi connectivity index (χ2v) is 9.26. The molecule has 0 saturated heterocycles. The lowest BCUT2D eigenvalue weighted by Gasteiger charge is -2.31. The maximum absolute atomic E-state index is 13.2. The van der Waals surface area contributed by atoms with Crippen LogP contribution < -0.4 is 20.6 Å². The van der Waals surface area contributed by atoms with Crippen molar-refractivity contribution < 1.29 is 9.47 Å². The van der Waals surface area contributed by atoms with E-state index in [-0.39, 0.29) is 24.3 Å². The van der Waals surface area contributed by atoms with E-state index in [0.717, 1.165) is 66.4 Å². The molecule has 0 unspecified atom stereocenters. The molecule has 0 bridgehead atoms. The molecule has 0 saturated carbocycles. The molecule has 3 heterocycles. The lowest BCUT2D eigenvalue weighted by atomic mass is 9.79. The predicted octanol–water partition coefficient (Wildman–Crippen LogP) is 5.64. The van der Waals surface area contributed by atoms with Crippen LogP contribution in [0.5, 0.6) is 11.5 Å². The first-order chi connectivity index (χ1) is 17.7. The van der Waals surface area contributed by atoms with Crippen molar-refractivity contribution in [2.24, 2.45) is 0 Å². The van der Waals surface area contributed by atoms with Gasteiger partial charge in [-0.05, 0) is 33.7 Å². The van der Waals surface area contributed by atoms with Gasteiger partial charge in [0, 0.05) is 33.4 Å². The largest absolute Gasteiger partial charge is 0.488 e. The molecule has 8 rings (SSSR count). The van der Waals surface area contributed by atoms with E-state index in [1.807, 2.05) is 36.4 Å². The van der Waals surface area contributed by atoms with Crippen molar-refractivity contribution in [2.45, 2.75) is 13.2 Å². The van der Waals surface area contributed by atoms with Crippen LogP contribution in [0.1, 0.15) is 11.1 Å². The minimum Gasteiger partial charge on any atom is -0.488 e. The average molecular weight is 470 g/mol. The van der Waals surface area contributed by atoms with E-state index >= 15 is 0 Å². The summed E-state index contributed by atoms with van der Waals surface area (Å²) in [6.07, 6.45) is 0. The first kappa shape index (κ1) is 19.5. The van der Waals surface area contributed by atoms with E-state index < -0.39 is 0 Å². The quantitative estimate of drug-likeness (QED) is 0.301. The molecular formula is C30H18N2O4. The molecule has 6 aromatic rings. The molecule has 0 atom stereocenters. The maximum Gasteiger partial charge on any atom is 0.270 e. The first-order valence-electron chi connectivity index (χ1n) is 11.8. The SMILES string of the molecule is O=c1[nH][nH]c(=O)c2c3c(c4c(c12)COc1ccc2ccccc2c1-4)-c1c(ccc2ccccc12)OC3. The fourth-order valence-electron chi connectivity index (χ4n) is 5.99. The van der Waals surface area contributed by atoms with Gasteiger partial charge < -0.3 is 9.47 Å². The van der Waals surface area contributed by atoms with E-state index in [0.29, 0.717) is 10.8 Å². The Kier molecular flexibility index (Phi) is 3.71. The molecule has 0 fully saturated rings. The highest BCUT2D eigenvalue weighted by molar-refractivity contribution is 6.14. The maximum atomic E-state index is 13.2. The van der Waals surface area contributed by atoms with Crippen molar-refractivity contribution in [3.63, 3.8) is 0 Å². The van der Waals surface area contributed by atoms with Gasteiger partial charge >= 0.3 is 0 Å². The van der Waals surface area contributed by atoms with Gasteiger partial charge in [0.1, 0.15) is 24.7 Å². The summed E-state index contributed by atoms with van der Waals surface area (Å²) in [5, 5.41) is 9.98. The Bertz CT molecular complexity index is 1900. The van der Waals surface area contributed by atoms with Gasteiger partial charge in [-0.2, -0.15) is 0 Å². The van der Waals surface area contributed by atoms with Gasteiger partial charge in [-0.15, -0.1) is 0 Å².